The topological polar surface area (TPSA) is 30.9 Å². The van der Waals surface area contributed by atoms with Crippen molar-refractivity contribution >= 4 is 49.3 Å². The predicted molar refractivity (Wildman–Crippen MR) is 154 cm³/mol. The van der Waals surface area contributed by atoms with Crippen molar-refractivity contribution in [2.24, 2.45) is 5.73 Å². The molecule has 0 aliphatic rings. The van der Waals surface area contributed by atoms with E-state index in [2.05, 4.69) is 126 Å². The molecular formula is C34H24N2. The van der Waals surface area contributed by atoms with Crippen molar-refractivity contribution in [3.8, 4) is 16.8 Å². The first-order valence-corrected chi connectivity index (χ1v) is 12.2. The molecule has 2 nitrogen and oxygen atoms in total. The number of nitrogens with two attached hydrogens (primary N) is 1. The number of hydrogen-bond donors (Lipinski definition) is 1. The third-order valence-corrected chi connectivity index (χ3v) is 7.19. The zero-order valence-electron chi connectivity index (χ0n) is 19.7. The number of benzene rings is 6. The molecule has 0 amide bonds. The fraction of sp³-hybridized carbons (Fsp3) is 0. The van der Waals surface area contributed by atoms with Crippen LogP contribution in [-0.4, -0.2) is 4.57 Å². The summed E-state index contributed by atoms with van der Waals surface area (Å²) in [7, 11) is 0. The second-order valence-electron chi connectivity index (χ2n) is 9.22. The largest absolute Gasteiger partial charge is 0.405 e. The second-order valence-corrected chi connectivity index (χ2v) is 9.22. The number of rotatable bonds is 3. The van der Waals surface area contributed by atoms with Gasteiger partial charge in [-0.2, -0.15) is 0 Å². The summed E-state index contributed by atoms with van der Waals surface area (Å²) < 4.78 is 2.30. The fourth-order valence-electron chi connectivity index (χ4n) is 5.59. The van der Waals surface area contributed by atoms with E-state index in [1.165, 1.54) is 48.8 Å². The molecule has 7 aromatic rings. The van der Waals surface area contributed by atoms with Crippen LogP contribution in [0.15, 0.2) is 128 Å². The number of aromatic nitrogens is 1. The van der Waals surface area contributed by atoms with Crippen molar-refractivity contribution < 1.29 is 0 Å². The lowest BCUT2D eigenvalue weighted by molar-refractivity contribution is 1.11. The third-order valence-electron chi connectivity index (χ3n) is 7.19. The van der Waals surface area contributed by atoms with Crippen LogP contribution in [0.5, 0.6) is 0 Å². The average molecular weight is 461 g/mol. The van der Waals surface area contributed by atoms with E-state index in [1.54, 1.807) is 6.20 Å². The van der Waals surface area contributed by atoms with Gasteiger partial charge in [0.15, 0.2) is 0 Å². The van der Waals surface area contributed by atoms with Crippen LogP contribution < -0.4 is 5.73 Å². The molecule has 0 unspecified atom stereocenters. The van der Waals surface area contributed by atoms with Gasteiger partial charge in [-0.15, -0.1) is 0 Å². The molecular weight excluding hydrogens is 436 g/mol. The molecule has 170 valence electrons. The highest BCUT2D eigenvalue weighted by atomic mass is 15.0. The molecule has 7 rings (SSSR count). The van der Waals surface area contributed by atoms with Crippen LogP contribution >= 0.6 is 0 Å². The van der Waals surface area contributed by atoms with E-state index in [1.807, 2.05) is 6.08 Å². The van der Waals surface area contributed by atoms with Gasteiger partial charge in [0.2, 0.25) is 0 Å². The molecule has 6 aromatic carbocycles. The molecule has 1 heterocycles. The van der Waals surface area contributed by atoms with Crippen LogP contribution in [0.1, 0.15) is 5.69 Å². The lowest BCUT2D eigenvalue weighted by Crippen LogP contribution is -1.97. The molecule has 2 heteroatoms. The minimum absolute atomic E-state index is 1.06. The smallest absolute Gasteiger partial charge is 0.0535 e. The van der Waals surface area contributed by atoms with Crippen LogP contribution in [0.3, 0.4) is 0 Å². The summed E-state index contributed by atoms with van der Waals surface area (Å²) in [5.41, 5.74) is 11.6. The van der Waals surface area contributed by atoms with Crippen LogP contribution in [0.4, 0.5) is 0 Å². The molecule has 0 saturated carbocycles. The van der Waals surface area contributed by atoms with Crippen LogP contribution in [0.2, 0.25) is 0 Å². The summed E-state index contributed by atoms with van der Waals surface area (Å²) in [5.74, 6) is 0. The van der Waals surface area contributed by atoms with E-state index in [-0.39, 0.29) is 0 Å². The summed E-state index contributed by atoms with van der Waals surface area (Å²) in [6, 6.07) is 43.6. The van der Waals surface area contributed by atoms with Gasteiger partial charge in [-0.1, -0.05) is 91.0 Å². The van der Waals surface area contributed by atoms with Gasteiger partial charge in [-0.25, -0.2) is 0 Å². The van der Waals surface area contributed by atoms with E-state index >= 15 is 0 Å². The lowest BCUT2D eigenvalue weighted by Gasteiger charge is -2.14. The number of fused-ring (bicyclic) bond motifs is 7. The Morgan fingerprint density at radius 2 is 1.11 bits per heavy atom. The number of hydrogen-bond acceptors (Lipinski definition) is 1. The van der Waals surface area contributed by atoms with E-state index in [4.69, 9.17) is 5.73 Å². The first-order valence-electron chi connectivity index (χ1n) is 12.2. The van der Waals surface area contributed by atoms with E-state index in [0.29, 0.717) is 0 Å². The highest BCUT2D eigenvalue weighted by molar-refractivity contribution is 6.25. The Labute approximate surface area is 209 Å². The fourth-order valence-corrected chi connectivity index (χ4v) is 5.59. The molecule has 0 aliphatic carbocycles. The Kier molecular flexibility index (Phi) is 4.65. The van der Waals surface area contributed by atoms with Crippen molar-refractivity contribution in [3.05, 3.63) is 133 Å². The number of nitrogens with zero attached hydrogens (tertiary/aromatic N) is 1. The SMILES string of the molecule is N/C=C\c1cc2cc(-c3ccccc3)ccc2n1-c1ccc2c3ccccc3c3ccccc3c2c1. The lowest BCUT2D eigenvalue weighted by atomic mass is 9.94. The Bertz CT molecular complexity index is 1910. The second kappa shape index (κ2) is 8.14. The third kappa shape index (κ3) is 3.12. The maximum absolute atomic E-state index is 5.88. The van der Waals surface area contributed by atoms with E-state index in [0.717, 1.165) is 16.9 Å². The first-order chi connectivity index (χ1) is 17.8. The standard InChI is InChI=1S/C34H24N2/c35-19-18-27-21-25-20-24(23-8-2-1-3-9-23)14-17-34(25)36(27)26-15-16-32-30-12-5-4-10-28(30)29-11-6-7-13-31(29)33(32)22-26/h1-22H,35H2/b19-18-. The van der Waals surface area contributed by atoms with Gasteiger partial charge >= 0.3 is 0 Å². The summed E-state index contributed by atoms with van der Waals surface area (Å²) in [6.45, 7) is 0. The molecule has 0 saturated heterocycles. The summed E-state index contributed by atoms with van der Waals surface area (Å²) >= 11 is 0. The monoisotopic (exact) mass is 460 g/mol. The first kappa shape index (κ1) is 20.5. The van der Waals surface area contributed by atoms with Crippen molar-refractivity contribution in [1.82, 2.24) is 4.57 Å². The quantitative estimate of drug-likeness (QED) is 0.263. The van der Waals surface area contributed by atoms with Crippen molar-refractivity contribution in [3.63, 3.8) is 0 Å². The predicted octanol–water partition coefficient (Wildman–Crippen LogP) is 8.69. The Balaban J connectivity index is 1.51. The molecule has 1 aromatic heterocycles. The van der Waals surface area contributed by atoms with Crippen LogP contribution in [0.25, 0.3) is 66.1 Å². The molecule has 0 atom stereocenters. The Morgan fingerprint density at radius 1 is 0.500 bits per heavy atom. The maximum Gasteiger partial charge on any atom is 0.0535 e. The van der Waals surface area contributed by atoms with Gasteiger partial charge in [0.25, 0.3) is 0 Å². The van der Waals surface area contributed by atoms with Gasteiger partial charge in [0.05, 0.1) is 5.52 Å². The molecule has 0 fully saturated rings. The van der Waals surface area contributed by atoms with Gasteiger partial charge in [0, 0.05) is 16.8 Å². The highest BCUT2D eigenvalue weighted by Crippen LogP contribution is 2.37. The zero-order chi connectivity index (χ0) is 24.1. The van der Waals surface area contributed by atoms with E-state index in [9.17, 15) is 0 Å². The van der Waals surface area contributed by atoms with Crippen molar-refractivity contribution in [1.29, 1.82) is 0 Å². The Hall–Kier alpha value is -4.82. The molecule has 2 N–H and O–H groups in total. The minimum Gasteiger partial charge on any atom is -0.405 e. The Morgan fingerprint density at radius 3 is 1.78 bits per heavy atom. The van der Waals surface area contributed by atoms with Crippen LogP contribution in [0, 0.1) is 0 Å². The van der Waals surface area contributed by atoms with Crippen molar-refractivity contribution in [2.45, 2.75) is 0 Å². The molecule has 0 radical (unpaired) electrons. The van der Waals surface area contributed by atoms with E-state index < -0.39 is 0 Å². The zero-order valence-corrected chi connectivity index (χ0v) is 19.7. The summed E-state index contributed by atoms with van der Waals surface area (Å²) in [4.78, 5) is 0. The van der Waals surface area contributed by atoms with Gasteiger partial charge in [0.1, 0.15) is 0 Å². The van der Waals surface area contributed by atoms with Crippen molar-refractivity contribution in [2.75, 3.05) is 0 Å². The summed E-state index contributed by atoms with van der Waals surface area (Å²) in [6.07, 6.45) is 3.59. The van der Waals surface area contributed by atoms with Gasteiger partial charge in [-0.05, 0) is 86.1 Å². The normalized spacial score (nSPS) is 11.9. The molecule has 0 aliphatic heterocycles. The molecule has 0 spiro atoms. The van der Waals surface area contributed by atoms with Gasteiger partial charge in [-0.3, -0.25) is 0 Å². The molecule has 0 bridgehead atoms. The maximum atomic E-state index is 5.88. The summed E-state index contributed by atoms with van der Waals surface area (Å²) in [5, 5.41) is 8.84. The minimum atomic E-state index is 1.06. The average Bonchev–Trinajstić information content (AvgIpc) is 3.31. The highest BCUT2D eigenvalue weighted by Gasteiger charge is 2.13. The van der Waals surface area contributed by atoms with Crippen LogP contribution in [-0.2, 0) is 0 Å². The van der Waals surface area contributed by atoms with Gasteiger partial charge < -0.3 is 10.3 Å². The molecule has 36 heavy (non-hydrogen) atoms.